The molecular formula is C12H16N6O. The molecule has 0 unspecified atom stereocenters. The van der Waals surface area contributed by atoms with Gasteiger partial charge in [0.2, 0.25) is 0 Å². The second-order valence-electron chi connectivity index (χ2n) is 4.02. The van der Waals surface area contributed by atoms with E-state index in [1.165, 1.54) is 12.4 Å². The molecule has 2 rings (SSSR count). The molecule has 1 amide bonds. The van der Waals surface area contributed by atoms with Gasteiger partial charge in [-0.1, -0.05) is 0 Å². The minimum Gasteiger partial charge on any atom is -0.372 e. The monoisotopic (exact) mass is 260 g/mol. The molecule has 2 aromatic rings. The number of aromatic nitrogens is 4. The Morgan fingerprint density at radius 2 is 2.21 bits per heavy atom. The molecule has 2 N–H and O–H groups in total. The molecule has 7 heteroatoms. The molecule has 7 nitrogen and oxygen atoms in total. The number of nitrogens with zero attached hydrogens (tertiary/aromatic N) is 4. The Bertz CT molecular complexity index is 548. The molecule has 0 spiro atoms. The van der Waals surface area contributed by atoms with Gasteiger partial charge >= 0.3 is 0 Å². The van der Waals surface area contributed by atoms with Crippen LogP contribution in [0.2, 0.25) is 0 Å². The summed E-state index contributed by atoms with van der Waals surface area (Å²) in [4.78, 5) is 19.8. The minimum absolute atomic E-state index is 0.230. The lowest BCUT2D eigenvalue weighted by molar-refractivity contribution is 0.0948. The number of anilines is 1. The standard InChI is InChI=1S/C12H16N6O/c1-13-11-8-15-10(7-16-11)12(19)14-5-3-9-4-6-18(2)17-9/h4,6-8H,3,5H2,1-2H3,(H,13,16)(H,14,19). The first-order chi connectivity index (χ1) is 9.19. The maximum atomic E-state index is 11.8. The van der Waals surface area contributed by atoms with Gasteiger partial charge < -0.3 is 10.6 Å². The Morgan fingerprint density at radius 1 is 1.37 bits per heavy atom. The summed E-state index contributed by atoms with van der Waals surface area (Å²) in [5, 5.41) is 9.86. The minimum atomic E-state index is -0.230. The van der Waals surface area contributed by atoms with E-state index in [1.807, 2.05) is 19.3 Å². The van der Waals surface area contributed by atoms with Crippen LogP contribution in [0.4, 0.5) is 5.82 Å². The first-order valence-electron chi connectivity index (χ1n) is 5.95. The number of aryl methyl sites for hydroxylation is 1. The third-order valence-electron chi connectivity index (χ3n) is 2.58. The van der Waals surface area contributed by atoms with E-state index < -0.39 is 0 Å². The number of amides is 1. The van der Waals surface area contributed by atoms with Crippen molar-refractivity contribution in [2.24, 2.45) is 7.05 Å². The molecule has 19 heavy (non-hydrogen) atoms. The van der Waals surface area contributed by atoms with Crippen LogP contribution >= 0.6 is 0 Å². The predicted molar refractivity (Wildman–Crippen MR) is 70.8 cm³/mol. The third kappa shape index (κ3) is 3.51. The van der Waals surface area contributed by atoms with Crippen molar-refractivity contribution >= 4 is 11.7 Å². The second-order valence-corrected chi connectivity index (χ2v) is 4.02. The van der Waals surface area contributed by atoms with Crippen molar-refractivity contribution in [3.63, 3.8) is 0 Å². The lowest BCUT2D eigenvalue weighted by Gasteiger charge is -2.04. The van der Waals surface area contributed by atoms with E-state index in [2.05, 4.69) is 25.7 Å². The molecule has 0 fully saturated rings. The first kappa shape index (κ1) is 13.0. The zero-order chi connectivity index (χ0) is 13.7. The Labute approximate surface area is 111 Å². The largest absolute Gasteiger partial charge is 0.372 e. The topological polar surface area (TPSA) is 84.7 Å². The van der Waals surface area contributed by atoms with Gasteiger partial charge in [0.1, 0.15) is 11.5 Å². The Morgan fingerprint density at radius 3 is 2.79 bits per heavy atom. The van der Waals surface area contributed by atoms with E-state index in [1.54, 1.807) is 11.7 Å². The third-order valence-corrected chi connectivity index (χ3v) is 2.58. The quantitative estimate of drug-likeness (QED) is 0.803. The molecule has 0 bridgehead atoms. The van der Waals surface area contributed by atoms with Crippen molar-refractivity contribution in [1.82, 2.24) is 25.1 Å². The highest BCUT2D eigenvalue weighted by atomic mass is 16.1. The summed E-state index contributed by atoms with van der Waals surface area (Å²) in [5.74, 6) is 0.399. The maximum Gasteiger partial charge on any atom is 0.271 e. The molecule has 0 aromatic carbocycles. The van der Waals surface area contributed by atoms with Crippen molar-refractivity contribution in [1.29, 1.82) is 0 Å². The molecule has 2 heterocycles. The molecule has 2 aromatic heterocycles. The van der Waals surface area contributed by atoms with E-state index in [0.29, 0.717) is 24.5 Å². The second kappa shape index (κ2) is 5.94. The van der Waals surface area contributed by atoms with Crippen LogP contribution in [-0.4, -0.2) is 39.2 Å². The summed E-state index contributed by atoms with van der Waals surface area (Å²) in [6.07, 6.45) is 5.53. The Balaban J connectivity index is 1.83. The molecule has 0 aliphatic heterocycles. The van der Waals surface area contributed by atoms with Crippen molar-refractivity contribution in [2.75, 3.05) is 18.9 Å². The first-order valence-corrected chi connectivity index (χ1v) is 5.95. The fraction of sp³-hybridized carbons (Fsp3) is 0.333. The van der Waals surface area contributed by atoms with Crippen LogP contribution in [0.1, 0.15) is 16.2 Å². The number of carbonyl (C=O) groups excluding carboxylic acids is 1. The van der Waals surface area contributed by atoms with Crippen molar-refractivity contribution in [2.45, 2.75) is 6.42 Å². The van der Waals surface area contributed by atoms with Crippen LogP contribution in [0.25, 0.3) is 0 Å². The summed E-state index contributed by atoms with van der Waals surface area (Å²) >= 11 is 0. The van der Waals surface area contributed by atoms with Gasteiger partial charge in [0.15, 0.2) is 0 Å². The molecule has 0 saturated carbocycles. The average molecular weight is 260 g/mol. The van der Waals surface area contributed by atoms with E-state index >= 15 is 0 Å². The summed E-state index contributed by atoms with van der Waals surface area (Å²) in [6, 6.07) is 1.92. The van der Waals surface area contributed by atoms with Gasteiger partial charge in [0.25, 0.3) is 5.91 Å². The normalized spacial score (nSPS) is 10.2. The van der Waals surface area contributed by atoms with Gasteiger partial charge in [-0.05, 0) is 6.07 Å². The summed E-state index contributed by atoms with van der Waals surface area (Å²) < 4.78 is 1.74. The highest BCUT2D eigenvalue weighted by Gasteiger charge is 2.07. The summed E-state index contributed by atoms with van der Waals surface area (Å²) in [6.45, 7) is 0.519. The van der Waals surface area contributed by atoms with Gasteiger partial charge in [-0.3, -0.25) is 9.48 Å². The van der Waals surface area contributed by atoms with E-state index in [0.717, 1.165) is 5.69 Å². The summed E-state index contributed by atoms with van der Waals surface area (Å²) in [5.41, 5.74) is 1.25. The van der Waals surface area contributed by atoms with Crippen LogP contribution < -0.4 is 10.6 Å². The average Bonchev–Trinajstić information content (AvgIpc) is 2.84. The number of carbonyl (C=O) groups is 1. The van der Waals surface area contributed by atoms with E-state index in [-0.39, 0.29) is 5.91 Å². The van der Waals surface area contributed by atoms with Crippen molar-refractivity contribution in [3.05, 3.63) is 36.0 Å². The number of hydrogen-bond acceptors (Lipinski definition) is 5. The lowest BCUT2D eigenvalue weighted by atomic mass is 10.3. The number of nitrogens with one attached hydrogen (secondary N) is 2. The van der Waals surface area contributed by atoms with Gasteiger partial charge in [-0.25, -0.2) is 9.97 Å². The molecule has 0 aliphatic carbocycles. The molecule has 0 aliphatic rings. The maximum absolute atomic E-state index is 11.8. The Hall–Kier alpha value is -2.44. The zero-order valence-electron chi connectivity index (χ0n) is 10.9. The van der Waals surface area contributed by atoms with Gasteiger partial charge in [-0.2, -0.15) is 5.10 Å². The van der Waals surface area contributed by atoms with Crippen LogP contribution in [-0.2, 0) is 13.5 Å². The van der Waals surface area contributed by atoms with E-state index in [9.17, 15) is 4.79 Å². The smallest absolute Gasteiger partial charge is 0.271 e. The molecule has 100 valence electrons. The van der Waals surface area contributed by atoms with Gasteiger partial charge in [0, 0.05) is 33.3 Å². The Kier molecular flexibility index (Phi) is 4.07. The predicted octanol–water partition coefficient (Wildman–Crippen LogP) is 0.224. The SMILES string of the molecule is CNc1cnc(C(=O)NCCc2ccn(C)n2)cn1. The molecule has 0 radical (unpaired) electrons. The van der Waals surface area contributed by atoms with Crippen molar-refractivity contribution < 1.29 is 4.79 Å². The van der Waals surface area contributed by atoms with Crippen LogP contribution in [0.5, 0.6) is 0 Å². The molecule has 0 saturated heterocycles. The number of hydrogen-bond donors (Lipinski definition) is 2. The van der Waals surface area contributed by atoms with Crippen LogP contribution in [0, 0.1) is 0 Å². The van der Waals surface area contributed by atoms with Crippen LogP contribution in [0.15, 0.2) is 24.7 Å². The fourth-order valence-electron chi connectivity index (χ4n) is 1.57. The van der Waals surface area contributed by atoms with Crippen LogP contribution in [0.3, 0.4) is 0 Å². The highest BCUT2D eigenvalue weighted by Crippen LogP contribution is 2.00. The van der Waals surface area contributed by atoms with Gasteiger partial charge in [-0.15, -0.1) is 0 Å². The lowest BCUT2D eigenvalue weighted by Crippen LogP contribution is -2.26. The van der Waals surface area contributed by atoms with Crippen molar-refractivity contribution in [3.8, 4) is 0 Å². The summed E-state index contributed by atoms with van der Waals surface area (Å²) in [7, 11) is 3.61. The molecule has 0 atom stereocenters. The van der Waals surface area contributed by atoms with Gasteiger partial charge in [0.05, 0.1) is 18.1 Å². The zero-order valence-corrected chi connectivity index (χ0v) is 10.9. The number of rotatable bonds is 5. The highest BCUT2D eigenvalue weighted by molar-refractivity contribution is 5.91. The fourth-order valence-corrected chi connectivity index (χ4v) is 1.57. The van der Waals surface area contributed by atoms with E-state index in [4.69, 9.17) is 0 Å². The molecular weight excluding hydrogens is 244 g/mol.